The highest BCUT2D eigenvalue weighted by atomic mass is 35.5. The van der Waals surface area contributed by atoms with Gasteiger partial charge in [-0.3, -0.25) is 0 Å². The maximum atomic E-state index is 12.9. The Morgan fingerprint density at radius 3 is 2.53 bits per heavy atom. The van der Waals surface area contributed by atoms with Crippen molar-refractivity contribution in [3.63, 3.8) is 0 Å². The first-order chi connectivity index (χ1) is 6.83. The lowest BCUT2D eigenvalue weighted by atomic mass is 10.3. The number of hydrogen-bond acceptors (Lipinski definition) is 2. The van der Waals surface area contributed by atoms with Gasteiger partial charge >= 0.3 is 0 Å². The average molecular weight is 252 g/mol. The zero-order valence-corrected chi connectivity index (χ0v) is 9.86. The van der Waals surface area contributed by atoms with Crippen LogP contribution in [0.4, 0.5) is 4.39 Å². The molecule has 0 bridgehead atoms. The summed E-state index contributed by atoms with van der Waals surface area (Å²) in [6, 6.07) is 2.95. The molecule has 0 saturated carbocycles. The molecule has 0 amide bonds. The number of sulfonamides is 1. The molecule has 0 aliphatic heterocycles. The Hall–Kier alpha value is -0.650. The van der Waals surface area contributed by atoms with E-state index in [1.165, 1.54) is 6.07 Å². The smallest absolute Gasteiger partial charge is 0.209 e. The summed E-state index contributed by atoms with van der Waals surface area (Å²) in [4.78, 5) is -0.238. The number of nitrogens with one attached hydrogen (secondary N) is 1. The van der Waals surface area contributed by atoms with Crippen molar-refractivity contribution in [2.75, 3.05) is 0 Å². The number of benzene rings is 1. The molecule has 3 nitrogen and oxygen atoms in total. The fourth-order valence-electron chi connectivity index (χ4n) is 1.06. The van der Waals surface area contributed by atoms with Crippen LogP contribution in [-0.2, 0) is 10.0 Å². The van der Waals surface area contributed by atoms with Gasteiger partial charge in [-0.15, -0.1) is 0 Å². The molecule has 1 N–H and O–H groups in total. The van der Waals surface area contributed by atoms with Crippen LogP contribution in [0.2, 0.25) is 5.02 Å². The molecule has 1 aromatic carbocycles. The third kappa shape index (κ3) is 3.15. The molecule has 0 spiro atoms. The second-order valence-corrected chi connectivity index (χ2v) is 5.44. The fraction of sp³-hybridized carbons (Fsp3) is 0.333. The highest BCUT2D eigenvalue weighted by Crippen LogP contribution is 2.22. The molecule has 6 heteroatoms. The van der Waals surface area contributed by atoms with Crippen LogP contribution in [0.25, 0.3) is 0 Å². The van der Waals surface area contributed by atoms with Crippen LogP contribution in [0.15, 0.2) is 23.1 Å². The lowest BCUT2D eigenvalue weighted by Gasteiger charge is -2.10. The second kappa shape index (κ2) is 4.47. The van der Waals surface area contributed by atoms with Gasteiger partial charge in [-0.2, -0.15) is 0 Å². The number of halogens is 2. The predicted molar refractivity (Wildman–Crippen MR) is 56.9 cm³/mol. The van der Waals surface area contributed by atoms with E-state index in [1.807, 2.05) is 0 Å². The van der Waals surface area contributed by atoms with E-state index in [-0.39, 0.29) is 16.0 Å². The molecule has 0 heterocycles. The number of rotatable bonds is 3. The molecule has 1 aromatic rings. The van der Waals surface area contributed by atoms with Crippen LogP contribution in [0.1, 0.15) is 13.8 Å². The molecular weight excluding hydrogens is 241 g/mol. The zero-order valence-electron chi connectivity index (χ0n) is 8.29. The highest BCUT2D eigenvalue weighted by Gasteiger charge is 2.19. The summed E-state index contributed by atoms with van der Waals surface area (Å²) in [7, 11) is -3.73. The Kier molecular flexibility index (Phi) is 3.70. The molecule has 84 valence electrons. The first kappa shape index (κ1) is 12.4. The minimum absolute atomic E-state index is 0.00421. The van der Waals surface area contributed by atoms with Gasteiger partial charge in [-0.05, 0) is 32.0 Å². The first-order valence-corrected chi connectivity index (χ1v) is 6.16. The van der Waals surface area contributed by atoms with Gasteiger partial charge < -0.3 is 0 Å². The molecule has 1 rings (SSSR count). The van der Waals surface area contributed by atoms with E-state index in [0.717, 1.165) is 12.1 Å². The maximum absolute atomic E-state index is 12.9. The Morgan fingerprint density at radius 2 is 2.00 bits per heavy atom. The summed E-state index contributed by atoms with van der Waals surface area (Å²) in [5.74, 6) is -0.636. The molecular formula is C9H11ClFNO2S. The second-order valence-electron chi connectivity index (χ2n) is 3.35. The van der Waals surface area contributed by atoms with Gasteiger partial charge in [0, 0.05) is 6.04 Å². The van der Waals surface area contributed by atoms with E-state index in [0.29, 0.717) is 0 Å². The molecule has 0 radical (unpaired) electrons. The summed E-state index contributed by atoms with van der Waals surface area (Å²) >= 11 is 5.68. The van der Waals surface area contributed by atoms with Crippen molar-refractivity contribution in [2.45, 2.75) is 24.8 Å². The average Bonchev–Trinajstić information content (AvgIpc) is 2.06. The largest absolute Gasteiger partial charge is 0.242 e. The van der Waals surface area contributed by atoms with Crippen LogP contribution in [0.5, 0.6) is 0 Å². The van der Waals surface area contributed by atoms with Gasteiger partial charge in [0.05, 0.1) is 5.02 Å². The summed E-state index contributed by atoms with van der Waals surface area (Å²) in [5, 5.41) is 0.00421. The van der Waals surface area contributed by atoms with Crippen LogP contribution < -0.4 is 4.72 Å². The molecule has 0 aromatic heterocycles. The third-order valence-electron chi connectivity index (χ3n) is 1.57. The van der Waals surface area contributed by atoms with Gasteiger partial charge in [-0.25, -0.2) is 17.5 Å². The van der Waals surface area contributed by atoms with E-state index in [2.05, 4.69) is 4.72 Å². The van der Waals surface area contributed by atoms with Gasteiger partial charge in [0.15, 0.2) is 0 Å². The predicted octanol–water partition coefficient (Wildman–Crippen LogP) is 2.17. The Morgan fingerprint density at radius 1 is 1.40 bits per heavy atom. The summed E-state index contributed by atoms with van der Waals surface area (Å²) in [6.45, 7) is 3.34. The quantitative estimate of drug-likeness (QED) is 0.895. The van der Waals surface area contributed by atoms with E-state index < -0.39 is 15.8 Å². The van der Waals surface area contributed by atoms with Crippen molar-refractivity contribution in [1.82, 2.24) is 4.72 Å². The maximum Gasteiger partial charge on any atom is 0.242 e. The minimum atomic E-state index is -3.73. The SMILES string of the molecule is CC(C)NS(=O)(=O)c1cc(F)ccc1Cl. The van der Waals surface area contributed by atoms with Crippen molar-refractivity contribution in [3.05, 3.63) is 29.0 Å². The van der Waals surface area contributed by atoms with Crippen molar-refractivity contribution in [2.24, 2.45) is 0 Å². The minimum Gasteiger partial charge on any atom is -0.209 e. The number of hydrogen-bond donors (Lipinski definition) is 1. The van der Waals surface area contributed by atoms with Gasteiger partial charge in [0.1, 0.15) is 10.7 Å². The molecule has 0 saturated heterocycles. The van der Waals surface area contributed by atoms with E-state index in [1.54, 1.807) is 13.8 Å². The van der Waals surface area contributed by atoms with E-state index in [9.17, 15) is 12.8 Å². The summed E-state index contributed by atoms with van der Waals surface area (Å²) < 4.78 is 38.5. The standard InChI is InChI=1S/C9H11ClFNO2S/c1-6(2)12-15(13,14)9-5-7(11)3-4-8(9)10/h3-6,12H,1-2H3. The summed E-state index contributed by atoms with van der Waals surface area (Å²) in [6.07, 6.45) is 0. The van der Waals surface area contributed by atoms with Crippen LogP contribution in [-0.4, -0.2) is 14.5 Å². The van der Waals surface area contributed by atoms with Crippen LogP contribution in [0.3, 0.4) is 0 Å². The Bertz CT molecular complexity index is 459. The molecule has 0 atom stereocenters. The summed E-state index contributed by atoms with van der Waals surface area (Å²) in [5.41, 5.74) is 0. The molecule has 0 fully saturated rings. The lowest BCUT2D eigenvalue weighted by Crippen LogP contribution is -2.30. The van der Waals surface area contributed by atoms with Gasteiger partial charge in [-0.1, -0.05) is 11.6 Å². The van der Waals surface area contributed by atoms with Crippen LogP contribution in [0, 0.1) is 5.82 Å². The van der Waals surface area contributed by atoms with E-state index in [4.69, 9.17) is 11.6 Å². The molecule has 0 unspecified atom stereocenters. The van der Waals surface area contributed by atoms with Crippen molar-refractivity contribution in [1.29, 1.82) is 0 Å². The molecule has 0 aliphatic rings. The van der Waals surface area contributed by atoms with Gasteiger partial charge in [0.25, 0.3) is 0 Å². The fourth-order valence-corrected chi connectivity index (χ4v) is 2.82. The first-order valence-electron chi connectivity index (χ1n) is 4.30. The highest BCUT2D eigenvalue weighted by molar-refractivity contribution is 7.89. The topological polar surface area (TPSA) is 46.2 Å². The van der Waals surface area contributed by atoms with Crippen molar-refractivity contribution in [3.8, 4) is 0 Å². The Balaban J connectivity index is 3.21. The van der Waals surface area contributed by atoms with Gasteiger partial charge in [0.2, 0.25) is 10.0 Å². The monoisotopic (exact) mass is 251 g/mol. The molecule has 0 aliphatic carbocycles. The third-order valence-corrected chi connectivity index (χ3v) is 3.71. The zero-order chi connectivity index (χ0) is 11.6. The Labute approximate surface area is 93.3 Å². The molecule has 15 heavy (non-hydrogen) atoms. The normalized spacial score (nSPS) is 12.1. The van der Waals surface area contributed by atoms with Crippen molar-refractivity contribution >= 4 is 21.6 Å². The van der Waals surface area contributed by atoms with Crippen molar-refractivity contribution < 1.29 is 12.8 Å². The lowest BCUT2D eigenvalue weighted by molar-refractivity contribution is 0.567. The van der Waals surface area contributed by atoms with E-state index >= 15 is 0 Å². The van der Waals surface area contributed by atoms with Crippen LogP contribution >= 0.6 is 11.6 Å².